The first-order valence-electron chi connectivity index (χ1n) is 9.40. The maximum absolute atomic E-state index is 12.0. The van der Waals surface area contributed by atoms with E-state index in [0.717, 1.165) is 67.4 Å². The smallest absolute Gasteiger partial charge is 0.263 e. The van der Waals surface area contributed by atoms with Crippen molar-refractivity contribution in [2.24, 2.45) is 5.92 Å². The summed E-state index contributed by atoms with van der Waals surface area (Å²) in [4.78, 5) is 20.9. The van der Waals surface area contributed by atoms with Crippen molar-refractivity contribution in [2.75, 3.05) is 39.1 Å². The van der Waals surface area contributed by atoms with Gasteiger partial charge in [0.25, 0.3) is 5.91 Å². The second-order valence-electron chi connectivity index (χ2n) is 7.22. The first kappa shape index (κ1) is 17.7. The zero-order valence-corrected chi connectivity index (χ0v) is 16.0. The highest BCUT2D eigenvalue weighted by Gasteiger charge is 2.30. The van der Waals surface area contributed by atoms with Crippen LogP contribution in [0.1, 0.15) is 47.1 Å². The Labute approximate surface area is 157 Å². The summed E-state index contributed by atoms with van der Waals surface area (Å²) in [5.74, 6) is 0.583. The second kappa shape index (κ2) is 7.50. The van der Waals surface area contributed by atoms with Gasteiger partial charge in [0.15, 0.2) is 0 Å². The molecule has 0 aliphatic carbocycles. The number of ether oxygens (including phenoxy) is 1. The first-order valence-corrected chi connectivity index (χ1v) is 10.2. The average Bonchev–Trinajstić information content (AvgIpc) is 3.26. The molecule has 4 rings (SSSR count). The summed E-state index contributed by atoms with van der Waals surface area (Å²) < 4.78 is 5.49. The molecule has 7 heteroatoms. The molecule has 0 spiro atoms. The van der Waals surface area contributed by atoms with E-state index in [1.54, 1.807) is 7.05 Å². The normalized spacial score (nSPS) is 22.1. The van der Waals surface area contributed by atoms with Crippen molar-refractivity contribution in [2.45, 2.75) is 31.7 Å². The van der Waals surface area contributed by atoms with E-state index >= 15 is 0 Å². The number of pyridine rings is 1. The van der Waals surface area contributed by atoms with E-state index in [4.69, 9.17) is 15.5 Å². The molecule has 2 aliphatic heterocycles. The van der Waals surface area contributed by atoms with Gasteiger partial charge in [-0.25, -0.2) is 4.98 Å². The fourth-order valence-electron chi connectivity index (χ4n) is 4.12. The fraction of sp³-hybridized carbons (Fsp3) is 0.579. The van der Waals surface area contributed by atoms with E-state index in [9.17, 15) is 4.79 Å². The fourth-order valence-corrected chi connectivity index (χ4v) is 5.17. The van der Waals surface area contributed by atoms with Crippen LogP contribution in [0.3, 0.4) is 0 Å². The number of anilines is 1. The Morgan fingerprint density at radius 3 is 2.96 bits per heavy atom. The van der Waals surface area contributed by atoms with Gasteiger partial charge in [-0.2, -0.15) is 0 Å². The highest BCUT2D eigenvalue weighted by molar-refractivity contribution is 7.21. The van der Waals surface area contributed by atoms with Crippen LogP contribution < -0.4 is 11.1 Å². The molecule has 2 aliphatic rings. The van der Waals surface area contributed by atoms with Crippen LogP contribution >= 0.6 is 11.3 Å². The molecule has 2 fully saturated rings. The molecular weight excluding hydrogens is 348 g/mol. The van der Waals surface area contributed by atoms with Crippen molar-refractivity contribution in [1.82, 2.24) is 15.2 Å². The first-order chi connectivity index (χ1) is 12.7. The quantitative estimate of drug-likeness (QED) is 0.860. The number of amides is 1. The van der Waals surface area contributed by atoms with Gasteiger partial charge in [0, 0.05) is 32.2 Å². The molecular formula is C19H26N4O2S. The number of carbonyl (C=O) groups is 1. The van der Waals surface area contributed by atoms with Gasteiger partial charge in [0.2, 0.25) is 0 Å². The van der Waals surface area contributed by atoms with E-state index in [0.29, 0.717) is 16.6 Å². The summed E-state index contributed by atoms with van der Waals surface area (Å²) >= 11 is 1.38. The summed E-state index contributed by atoms with van der Waals surface area (Å²) in [6.07, 6.45) is 4.67. The lowest BCUT2D eigenvalue weighted by atomic mass is 9.99. The lowest BCUT2D eigenvalue weighted by Gasteiger charge is -2.30. The van der Waals surface area contributed by atoms with Crippen LogP contribution in [0.4, 0.5) is 5.69 Å². The molecule has 1 atom stereocenters. The molecule has 26 heavy (non-hydrogen) atoms. The maximum Gasteiger partial charge on any atom is 0.263 e. The maximum atomic E-state index is 12.0. The minimum absolute atomic E-state index is 0.144. The number of thiophene rings is 1. The Kier molecular flexibility index (Phi) is 5.11. The Balaban J connectivity index is 1.57. The molecule has 140 valence electrons. The monoisotopic (exact) mass is 374 g/mol. The minimum atomic E-state index is -0.144. The number of hydrogen-bond donors (Lipinski definition) is 2. The number of nitrogens with zero attached hydrogens (tertiary/aromatic N) is 2. The third kappa shape index (κ3) is 3.31. The van der Waals surface area contributed by atoms with E-state index in [-0.39, 0.29) is 5.91 Å². The molecule has 4 heterocycles. The Bertz CT molecular complexity index is 800. The zero-order valence-electron chi connectivity index (χ0n) is 15.2. The zero-order chi connectivity index (χ0) is 18.1. The van der Waals surface area contributed by atoms with Crippen LogP contribution in [0.5, 0.6) is 0 Å². The Hall–Kier alpha value is -1.70. The Morgan fingerprint density at radius 2 is 2.19 bits per heavy atom. The van der Waals surface area contributed by atoms with E-state index in [2.05, 4.69) is 16.3 Å². The summed E-state index contributed by atoms with van der Waals surface area (Å²) in [6, 6.07) is 4.49. The third-order valence-electron chi connectivity index (χ3n) is 5.59. The predicted molar refractivity (Wildman–Crippen MR) is 105 cm³/mol. The van der Waals surface area contributed by atoms with Crippen molar-refractivity contribution in [3.8, 4) is 0 Å². The van der Waals surface area contributed by atoms with E-state index in [1.165, 1.54) is 17.8 Å². The number of aromatic nitrogens is 1. The van der Waals surface area contributed by atoms with Gasteiger partial charge in [0.1, 0.15) is 9.71 Å². The van der Waals surface area contributed by atoms with Gasteiger partial charge < -0.3 is 15.8 Å². The van der Waals surface area contributed by atoms with Gasteiger partial charge in [-0.05, 0) is 50.3 Å². The van der Waals surface area contributed by atoms with E-state index < -0.39 is 0 Å². The number of nitrogens with two attached hydrogens (primary N) is 1. The summed E-state index contributed by atoms with van der Waals surface area (Å²) in [7, 11) is 1.62. The van der Waals surface area contributed by atoms with Crippen LogP contribution in [-0.2, 0) is 4.74 Å². The standard InChI is InChI=1S/C19H26N4O2S/c1-21-18(24)17-16(20)13-4-5-14(22-19(13)26-17)15-3-2-8-23(15)11-12-6-9-25-10-7-12/h4-5,12,15H,2-3,6-11,20H2,1H3,(H,21,24)/t15-/m0/s1. The van der Waals surface area contributed by atoms with Crippen molar-refractivity contribution in [3.63, 3.8) is 0 Å². The molecule has 0 bridgehead atoms. The lowest BCUT2D eigenvalue weighted by molar-refractivity contribution is 0.0504. The second-order valence-corrected chi connectivity index (χ2v) is 8.22. The largest absolute Gasteiger partial charge is 0.397 e. The minimum Gasteiger partial charge on any atom is -0.397 e. The molecule has 2 saturated heterocycles. The van der Waals surface area contributed by atoms with Gasteiger partial charge in [0.05, 0.1) is 17.4 Å². The molecule has 3 N–H and O–H groups in total. The topological polar surface area (TPSA) is 80.5 Å². The van der Waals surface area contributed by atoms with Crippen molar-refractivity contribution in [1.29, 1.82) is 0 Å². The molecule has 2 aromatic rings. The molecule has 0 saturated carbocycles. The molecule has 0 radical (unpaired) electrons. The van der Waals surface area contributed by atoms with Crippen LogP contribution in [0.25, 0.3) is 10.2 Å². The van der Waals surface area contributed by atoms with Gasteiger partial charge in [-0.15, -0.1) is 11.3 Å². The van der Waals surface area contributed by atoms with Crippen LogP contribution in [-0.4, -0.2) is 49.1 Å². The average molecular weight is 375 g/mol. The Morgan fingerprint density at radius 1 is 1.38 bits per heavy atom. The van der Waals surface area contributed by atoms with Crippen LogP contribution in [0.15, 0.2) is 12.1 Å². The van der Waals surface area contributed by atoms with Crippen molar-refractivity contribution < 1.29 is 9.53 Å². The SMILES string of the molecule is CNC(=O)c1sc2nc([C@@H]3CCCN3CC3CCOCC3)ccc2c1N. The summed E-state index contributed by atoms with van der Waals surface area (Å²) in [5, 5.41) is 3.53. The highest BCUT2D eigenvalue weighted by Crippen LogP contribution is 2.37. The predicted octanol–water partition coefficient (Wildman–Crippen LogP) is 2.80. The lowest BCUT2D eigenvalue weighted by Crippen LogP contribution is -2.32. The number of nitrogens with one attached hydrogen (secondary N) is 1. The van der Waals surface area contributed by atoms with Crippen molar-refractivity contribution in [3.05, 3.63) is 22.7 Å². The number of likely N-dealkylation sites (tertiary alicyclic amines) is 1. The number of nitrogen functional groups attached to an aromatic ring is 1. The molecule has 2 aromatic heterocycles. The third-order valence-corrected chi connectivity index (χ3v) is 6.70. The number of fused-ring (bicyclic) bond motifs is 1. The highest BCUT2D eigenvalue weighted by atomic mass is 32.1. The molecule has 0 unspecified atom stereocenters. The van der Waals surface area contributed by atoms with E-state index in [1.807, 2.05) is 6.07 Å². The molecule has 1 amide bonds. The van der Waals surface area contributed by atoms with Crippen molar-refractivity contribution >= 4 is 33.1 Å². The van der Waals surface area contributed by atoms with Gasteiger partial charge in [-0.1, -0.05) is 0 Å². The summed E-state index contributed by atoms with van der Waals surface area (Å²) in [5.41, 5.74) is 7.80. The molecule has 6 nitrogen and oxygen atoms in total. The molecule has 0 aromatic carbocycles. The number of rotatable bonds is 4. The van der Waals surface area contributed by atoms with Crippen LogP contribution in [0, 0.1) is 5.92 Å². The van der Waals surface area contributed by atoms with Crippen LogP contribution in [0.2, 0.25) is 0 Å². The summed E-state index contributed by atoms with van der Waals surface area (Å²) in [6.45, 7) is 4.05. The number of carbonyl (C=O) groups excluding carboxylic acids is 1. The van der Waals surface area contributed by atoms with Gasteiger partial charge in [-0.3, -0.25) is 9.69 Å². The van der Waals surface area contributed by atoms with Gasteiger partial charge >= 0.3 is 0 Å². The number of hydrogen-bond acceptors (Lipinski definition) is 6.